The molecule has 2 amide bonds. The largest absolute Gasteiger partial charge is 0.352 e. The first-order valence-electron chi connectivity index (χ1n) is 6.94. The molecule has 1 N–H and O–H groups in total. The van der Waals surface area contributed by atoms with Crippen molar-refractivity contribution in [1.29, 1.82) is 0 Å². The lowest BCUT2D eigenvalue weighted by Gasteiger charge is -2.26. The summed E-state index contributed by atoms with van der Waals surface area (Å²) in [7, 11) is 0. The predicted octanol–water partition coefficient (Wildman–Crippen LogP) is 2.36. The number of nitrogens with zero attached hydrogens (tertiary/aromatic N) is 1. The second-order valence-electron chi connectivity index (χ2n) is 4.99. The number of nitrogens with one attached hydrogen (secondary N) is 1. The third kappa shape index (κ3) is 4.23. The van der Waals surface area contributed by atoms with E-state index in [1.807, 2.05) is 18.2 Å². The molecule has 0 spiro atoms. The number of carbonyl (C=O) groups is 2. The van der Waals surface area contributed by atoms with Crippen molar-refractivity contribution >= 4 is 23.4 Å². The molecule has 5 heteroatoms. The van der Waals surface area contributed by atoms with E-state index in [4.69, 9.17) is 11.6 Å². The third-order valence-corrected chi connectivity index (χ3v) is 3.82. The van der Waals surface area contributed by atoms with E-state index in [0.29, 0.717) is 11.6 Å². The molecule has 1 saturated heterocycles. The Kier molecular flexibility index (Phi) is 5.41. The van der Waals surface area contributed by atoms with Gasteiger partial charge in [-0.1, -0.05) is 29.8 Å². The fourth-order valence-corrected chi connectivity index (χ4v) is 2.49. The zero-order valence-corrected chi connectivity index (χ0v) is 12.2. The maximum atomic E-state index is 11.9. The van der Waals surface area contributed by atoms with Crippen molar-refractivity contribution in [3.8, 4) is 0 Å². The Hall–Kier alpha value is -1.55. The first-order chi connectivity index (χ1) is 9.66. The predicted molar refractivity (Wildman–Crippen MR) is 78.3 cm³/mol. The quantitative estimate of drug-likeness (QED) is 0.867. The fraction of sp³-hybridized carbons (Fsp3) is 0.467. The standard InChI is InChI=1S/C15H19ClN2O2/c16-13-7-3-2-6-12(13)11-17-14(19)10-15(20)18-8-4-1-5-9-18/h2-3,6-7H,1,4-5,8-11H2,(H,17,19). The van der Waals surface area contributed by atoms with Gasteiger partial charge in [0.15, 0.2) is 0 Å². The van der Waals surface area contributed by atoms with E-state index in [1.165, 1.54) is 6.42 Å². The smallest absolute Gasteiger partial charge is 0.232 e. The Morgan fingerprint density at radius 1 is 1.15 bits per heavy atom. The number of halogens is 1. The lowest BCUT2D eigenvalue weighted by molar-refractivity contribution is -0.136. The summed E-state index contributed by atoms with van der Waals surface area (Å²) in [4.78, 5) is 25.5. The average molecular weight is 295 g/mol. The number of amides is 2. The number of likely N-dealkylation sites (tertiary alicyclic amines) is 1. The molecule has 0 bridgehead atoms. The van der Waals surface area contributed by atoms with Crippen LogP contribution in [0.5, 0.6) is 0 Å². The highest BCUT2D eigenvalue weighted by Crippen LogP contribution is 2.14. The van der Waals surface area contributed by atoms with Crippen molar-refractivity contribution in [3.05, 3.63) is 34.9 Å². The van der Waals surface area contributed by atoms with Crippen LogP contribution in [-0.2, 0) is 16.1 Å². The van der Waals surface area contributed by atoms with Crippen LogP contribution in [0.2, 0.25) is 5.02 Å². The Morgan fingerprint density at radius 3 is 2.55 bits per heavy atom. The van der Waals surface area contributed by atoms with Crippen molar-refractivity contribution in [3.63, 3.8) is 0 Å². The zero-order chi connectivity index (χ0) is 14.4. The molecule has 1 aromatic rings. The molecule has 20 heavy (non-hydrogen) atoms. The number of hydrogen-bond donors (Lipinski definition) is 1. The SMILES string of the molecule is O=C(CC(=O)N1CCCCC1)NCc1ccccc1Cl. The van der Waals surface area contributed by atoms with E-state index in [-0.39, 0.29) is 18.2 Å². The van der Waals surface area contributed by atoms with Crippen LogP contribution in [0, 0.1) is 0 Å². The van der Waals surface area contributed by atoms with E-state index in [0.717, 1.165) is 31.5 Å². The summed E-state index contributed by atoms with van der Waals surface area (Å²) in [6.07, 6.45) is 3.16. The summed E-state index contributed by atoms with van der Waals surface area (Å²) in [5.41, 5.74) is 0.855. The molecule has 1 fully saturated rings. The van der Waals surface area contributed by atoms with E-state index >= 15 is 0 Å². The number of benzene rings is 1. The molecule has 1 heterocycles. The Bertz CT molecular complexity index is 485. The maximum Gasteiger partial charge on any atom is 0.232 e. The lowest BCUT2D eigenvalue weighted by Crippen LogP contribution is -2.38. The topological polar surface area (TPSA) is 49.4 Å². The van der Waals surface area contributed by atoms with Crippen LogP contribution in [0.3, 0.4) is 0 Å². The molecule has 0 atom stereocenters. The molecule has 0 saturated carbocycles. The minimum atomic E-state index is -0.250. The van der Waals surface area contributed by atoms with Crippen LogP contribution in [-0.4, -0.2) is 29.8 Å². The summed E-state index contributed by atoms with van der Waals surface area (Å²) in [5.74, 6) is -0.332. The first-order valence-corrected chi connectivity index (χ1v) is 7.32. The van der Waals surface area contributed by atoms with E-state index in [9.17, 15) is 9.59 Å². The van der Waals surface area contributed by atoms with Crippen LogP contribution in [0.4, 0.5) is 0 Å². The van der Waals surface area contributed by atoms with Gasteiger partial charge in [-0.2, -0.15) is 0 Å². The summed E-state index contributed by atoms with van der Waals surface area (Å²) in [6, 6.07) is 7.34. The highest BCUT2D eigenvalue weighted by atomic mass is 35.5. The summed E-state index contributed by atoms with van der Waals surface area (Å²) < 4.78 is 0. The molecule has 0 unspecified atom stereocenters. The van der Waals surface area contributed by atoms with Gasteiger partial charge in [0, 0.05) is 24.7 Å². The lowest BCUT2D eigenvalue weighted by atomic mass is 10.1. The number of piperidine rings is 1. The third-order valence-electron chi connectivity index (χ3n) is 3.45. The van der Waals surface area contributed by atoms with Crippen molar-refractivity contribution in [2.24, 2.45) is 0 Å². The van der Waals surface area contributed by atoms with Crippen LogP contribution in [0.25, 0.3) is 0 Å². The molecule has 108 valence electrons. The molecule has 0 radical (unpaired) electrons. The second kappa shape index (κ2) is 7.29. The molecule has 1 aliphatic rings. The maximum absolute atomic E-state index is 11.9. The number of rotatable bonds is 4. The summed E-state index contributed by atoms with van der Waals surface area (Å²) in [5, 5.41) is 3.36. The van der Waals surface area contributed by atoms with Gasteiger partial charge in [-0.05, 0) is 30.9 Å². The fourth-order valence-electron chi connectivity index (χ4n) is 2.29. The average Bonchev–Trinajstić information content (AvgIpc) is 2.47. The van der Waals surface area contributed by atoms with Crippen molar-refractivity contribution in [1.82, 2.24) is 10.2 Å². The molecule has 2 rings (SSSR count). The number of hydrogen-bond acceptors (Lipinski definition) is 2. The zero-order valence-electron chi connectivity index (χ0n) is 11.4. The summed E-state index contributed by atoms with van der Waals surface area (Å²) >= 11 is 6.01. The highest BCUT2D eigenvalue weighted by molar-refractivity contribution is 6.31. The van der Waals surface area contributed by atoms with Crippen LogP contribution in [0.15, 0.2) is 24.3 Å². The van der Waals surface area contributed by atoms with Crippen molar-refractivity contribution in [2.45, 2.75) is 32.2 Å². The number of carbonyl (C=O) groups excluding carboxylic acids is 2. The molecule has 1 aliphatic heterocycles. The minimum Gasteiger partial charge on any atom is -0.352 e. The first kappa shape index (κ1) is 14.9. The second-order valence-corrected chi connectivity index (χ2v) is 5.39. The molecule has 4 nitrogen and oxygen atoms in total. The molecule has 0 aromatic heterocycles. The van der Waals surface area contributed by atoms with Gasteiger partial charge in [0.2, 0.25) is 11.8 Å². The van der Waals surface area contributed by atoms with E-state index in [1.54, 1.807) is 11.0 Å². The van der Waals surface area contributed by atoms with E-state index < -0.39 is 0 Å². The molecule has 1 aromatic carbocycles. The molecular formula is C15H19ClN2O2. The normalized spacial score (nSPS) is 14.9. The monoisotopic (exact) mass is 294 g/mol. The Balaban J connectivity index is 1.77. The van der Waals surface area contributed by atoms with Crippen molar-refractivity contribution < 1.29 is 9.59 Å². The van der Waals surface area contributed by atoms with Gasteiger partial charge in [0.1, 0.15) is 6.42 Å². The van der Waals surface area contributed by atoms with Crippen LogP contribution < -0.4 is 5.32 Å². The van der Waals surface area contributed by atoms with Gasteiger partial charge >= 0.3 is 0 Å². The van der Waals surface area contributed by atoms with Gasteiger partial charge in [-0.25, -0.2) is 0 Å². The summed E-state index contributed by atoms with van der Waals surface area (Å²) in [6.45, 7) is 1.90. The molecular weight excluding hydrogens is 276 g/mol. The van der Waals surface area contributed by atoms with Crippen LogP contribution in [0.1, 0.15) is 31.2 Å². The Morgan fingerprint density at radius 2 is 1.85 bits per heavy atom. The van der Waals surface area contributed by atoms with Gasteiger partial charge < -0.3 is 10.2 Å². The van der Waals surface area contributed by atoms with Crippen LogP contribution >= 0.6 is 11.6 Å². The van der Waals surface area contributed by atoms with Gasteiger partial charge in [0.25, 0.3) is 0 Å². The van der Waals surface area contributed by atoms with E-state index in [2.05, 4.69) is 5.32 Å². The molecule has 0 aliphatic carbocycles. The van der Waals surface area contributed by atoms with Crippen molar-refractivity contribution in [2.75, 3.05) is 13.1 Å². The highest BCUT2D eigenvalue weighted by Gasteiger charge is 2.19. The Labute approximate surface area is 124 Å². The van der Waals surface area contributed by atoms with Gasteiger partial charge in [-0.15, -0.1) is 0 Å². The van der Waals surface area contributed by atoms with Gasteiger partial charge in [-0.3, -0.25) is 9.59 Å². The van der Waals surface area contributed by atoms with Gasteiger partial charge in [0.05, 0.1) is 0 Å². The minimum absolute atomic E-state index is 0.0789.